The molecule has 21 heavy (non-hydrogen) atoms. The van der Waals surface area contributed by atoms with Crippen molar-refractivity contribution in [2.45, 2.75) is 25.8 Å². The van der Waals surface area contributed by atoms with Gasteiger partial charge in [-0.15, -0.1) is 5.10 Å². The summed E-state index contributed by atoms with van der Waals surface area (Å²) in [5.74, 6) is 0.744. The van der Waals surface area contributed by atoms with Crippen molar-refractivity contribution in [2.24, 2.45) is 7.05 Å². The lowest BCUT2D eigenvalue weighted by Crippen LogP contribution is -2.17. The van der Waals surface area contributed by atoms with E-state index in [1.807, 2.05) is 13.1 Å². The highest BCUT2D eigenvalue weighted by molar-refractivity contribution is 5.81. The monoisotopic (exact) mass is 282 g/mol. The molecule has 0 spiro atoms. The first-order valence-corrected chi connectivity index (χ1v) is 7.05. The Bertz CT molecular complexity index is 721. The zero-order chi connectivity index (χ0) is 14.7. The van der Waals surface area contributed by atoms with Crippen LogP contribution in [0.2, 0.25) is 0 Å². The van der Waals surface area contributed by atoms with Crippen LogP contribution in [0.1, 0.15) is 18.9 Å². The molecule has 0 aliphatic rings. The second-order valence-electron chi connectivity index (χ2n) is 5.18. The molecule has 0 fully saturated rings. The molecule has 0 aliphatic heterocycles. The third-order valence-corrected chi connectivity index (χ3v) is 3.48. The molecular formula is C15H18N6. The van der Waals surface area contributed by atoms with Gasteiger partial charge in [-0.3, -0.25) is 0 Å². The largest absolute Gasteiger partial charge is 0.366 e. The number of fused-ring (bicyclic) bond motifs is 1. The topological polar surface area (TPSA) is 68.5 Å². The Balaban J connectivity index is 1.67. The molecule has 0 aliphatic carbocycles. The molecule has 0 bridgehead atoms. The van der Waals surface area contributed by atoms with Crippen molar-refractivity contribution < 1.29 is 0 Å². The van der Waals surface area contributed by atoms with Gasteiger partial charge in [-0.25, -0.2) is 14.6 Å². The van der Waals surface area contributed by atoms with Crippen molar-refractivity contribution in [1.82, 2.24) is 25.0 Å². The van der Waals surface area contributed by atoms with Gasteiger partial charge in [-0.1, -0.05) is 35.5 Å². The van der Waals surface area contributed by atoms with Crippen LogP contribution in [0.25, 0.3) is 11.2 Å². The van der Waals surface area contributed by atoms with E-state index in [1.54, 1.807) is 4.68 Å². The van der Waals surface area contributed by atoms with Crippen LogP contribution in [0.15, 0.2) is 36.7 Å². The summed E-state index contributed by atoms with van der Waals surface area (Å²) in [5.41, 5.74) is 2.80. The first kappa shape index (κ1) is 13.5. The van der Waals surface area contributed by atoms with Crippen LogP contribution in [0.3, 0.4) is 0 Å². The summed E-state index contributed by atoms with van der Waals surface area (Å²) >= 11 is 0. The molecule has 3 rings (SSSR count). The second-order valence-corrected chi connectivity index (χ2v) is 5.18. The van der Waals surface area contributed by atoms with Crippen molar-refractivity contribution in [2.75, 3.05) is 5.32 Å². The molecule has 108 valence electrons. The van der Waals surface area contributed by atoms with E-state index < -0.39 is 0 Å². The van der Waals surface area contributed by atoms with E-state index in [4.69, 9.17) is 0 Å². The molecule has 1 aromatic carbocycles. The zero-order valence-electron chi connectivity index (χ0n) is 12.2. The van der Waals surface area contributed by atoms with Gasteiger partial charge in [0.25, 0.3) is 0 Å². The summed E-state index contributed by atoms with van der Waals surface area (Å²) in [6.07, 6.45) is 3.59. The van der Waals surface area contributed by atoms with Crippen molar-refractivity contribution >= 4 is 17.0 Å². The van der Waals surface area contributed by atoms with Crippen LogP contribution in [-0.2, 0) is 13.5 Å². The maximum absolute atomic E-state index is 4.28. The van der Waals surface area contributed by atoms with Gasteiger partial charge in [-0.2, -0.15) is 0 Å². The molecular weight excluding hydrogens is 264 g/mol. The smallest absolute Gasteiger partial charge is 0.183 e. The highest BCUT2D eigenvalue weighted by Crippen LogP contribution is 2.17. The number of rotatable bonds is 5. The average molecular weight is 282 g/mol. The fourth-order valence-corrected chi connectivity index (χ4v) is 2.29. The van der Waals surface area contributed by atoms with Gasteiger partial charge in [0, 0.05) is 13.1 Å². The summed E-state index contributed by atoms with van der Waals surface area (Å²) < 4.78 is 1.65. The first-order chi connectivity index (χ1) is 10.2. The molecule has 2 aromatic heterocycles. The standard InChI is InChI=1S/C15H18N6/c1-11(8-9-12-6-4-3-5-7-12)18-14-13-15(17-10-16-14)21(2)20-19-13/h3-7,10-11H,8-9H2,1-2H3,(H,16,17,18). The predicted octanol–water partition coefficient (Wildman–Crippen LogP) is 2.19. The average Bonchev–Trinajstić information content (AvgIpc) is 2.89. The fraction of sp³-hybridized carbons (Fsp3) is 0.333. The lowest BCUT2D eigenvalue weighted by atomic mass is 10.1. The molecule has 1 N–H and O–H groups in total. The van der Waals surface area contributed by atoms with Crippen molar-refractivity contribution in [1.29, 1.82) is 0 Å². The normalized spacial score (nSPS) is 12.5. The first-order valence-electron chi connectivity index (χ1n) is 7.05. The maximum Gasteiger partial charge on any atom is 0.183 e. The Kier molecular flexibility index (Phi) is 3.77. The van der Waals surface area contributed by atoms with E-state index in [2.05, 4.69) is 56.8 Å². The summed E-state index contributed by atoms with van der Waals surface area (Å²) in [6, 6.07) is 10.8. The van der Waals surface area contributed by atoms with E-state index in [0.29, 0.717) is 11.6 Å². The van der Waals surface area contributed by atoms with E-state index in [1.165, 1.54) is 11.9 Å². The minimum atomic E-state index is 0.297. The number of aryl methyl sites for hydroxylation is 2. The van der Waals surface area contributed by atoms with E-state index in [0.717, 1.165) is 24.3 Å². The van der Waals surface area contributed by atoms with Crippen LogP contribution in [0.4, 0.5) is 5.82 Å². The molecule has 0 saturated carbocycles. The van der Waals surface area contributed by atoms with Crippen LogP contribution >= 0.6 is 0 Å². The Morgan fingerprint density at radius 2 is 2.00 bits per heavy atom. The van der Waals surface area contributed by atoms with Crippen LogP contribution in [0, 0.1) is 0 Å². The summed E-state index contributed by atoms with van der Waals surface area (Å²) in [6.45, 7) is 2.15. The van der Waals surface area contributed by atoms with Gasteiger partial charge in [0.2, 0.25) is 0 Å². The van der Waals surface area contributed by atoms with Crippen molar-refractivity contribution in [3.63, 3.8) is 0 Å². The van der Waals surface area contributed by atoms with Crippen molar-refractivity contribution in [3.8, 4) is 0 Å². The summed E-state index contributed by atoms with van der Waals surface area (Å²) in [7, 11) is 1.82. The third kappa shape index (κ3) is 2.99. The van der Waals surface area contributed by atoms with Crippen LogP contribution < -0.4 is 5.32 Å². The number of benzene rings is 1. The van der Waals surface area contributed by atoms with Crippen LogP contribution in [-0.4, -0.2) is 31.0 Å². The predicted molar refractivity (Wildman–Crippen MR) is 81.9 cm³/mol. The Morgan fingerprint density at radius 3 is 2.81 bits per heavy atom. The van der Waals surface area contributed by atoms with Gasteiger partial charge in [-0.05, 0) is 25.3 Å². The number of nitrogens with one attached hydrogen (secondary N) is 1. The van der Waals surface area contributed by atoms with Gasteiger partial charge in [0.1, 0.15) is 6.33 Å². The summed E-state index contributed by atoms with van der Waals surface area (Å²) in [4.78, 5) is 8.47. The molecule has 6 heteroatoms. The van der Waals surface area contributed by atoms with Crippen molar-refractivity contribution in [3.05, 3.63) is 42.2 Å². The molecule has 6 nitrogen and oxygen atoms in total. The van der Waals surface area contributed by atoms with E-state index >= 15 is 0 Å². The van der Waals surface area contributed by atoms with Gasteiger partial charge >= 0.3 is 0 Å². The fourth-order valence-electron chi connectivity index (χ4n) is 2.29. The van der Waals surface area contributed by atoms with E-state index in [-0.39, 0.29) is 0 Å². The molecule has 2 heterocycles. The molecule has 1 atom stereocenters. The molecule has 3 aromatic rings. The Morgan fingerprint density at radius 1 is 1.19 bits per heavy atom. The number of hydrogen-bond donors (Lipinski definition) is 1. The Hall–Kier alpha value is -2.50. The molecule has 0 saturated heterocycles. The quantitative estimate of drug-likeness (QED) is 0.777. The Labute approximate surface area is 123 Å². The zero-order valence-corrected chi connectivity index (χ0v) is 12.2. The summed E-state index contributed by atoms with van der Waals surface area (Å²) in [5, 5.41) is 11.5. The number of aromatic nitrogens is 5. The van der Waals surface area contributed by atoms with E-state index in [9.17, 15) is 0 Å². The molecule has 1 unspecified atom stereocenters. The molecule has 0 amide bonds. The van der Waals surface area contributed by atoms with Crippen LogP contribution in [0.5, 0.6) is 0 Å². The number of hydrogen-bond acceptors (Lipinski definition) is 5. The lowest BCUT2D eigenvalue weighted by molar-refractivity contribution is 0.703. The van der Waals surface area contributed by atoms with Gasteiger partial charge in [0.05, 0.1) is 0 Å². The minimum absolute atomic E-state index is 0.297. The maximum atomic E-state index is 4.28. The number of nitrogens with zero attached hydrogens (tertiary/aromatic N) is 5. The lowest BCUT2D eigenvalue weighted by Gasteiger charge is -2.14. The van der Waals surface area contributed by atoms with Gasteiger partial charge in [0.15, 0.2) is 17.0 Å². The van der Waals surface area contributed by atoms with Gasteiger partial charge < -0.3 is 5.32 Å². The molecule has 0 radical (unpaired) electrons. The third-order valence-electron chi connectivity index (χ3n) is 3.48. The SMILES string of the molecule is CC(CCc1ccccc1)Nc1ncnc2c1nnn2C. The minimum Gasteiger partial charge on any atom is -0.366 e. The highest BCUT2D eigenvalue weighted by atomic mass is 15.4. The highest BCUT2D eigenvalue weighted by Gasteiger charge is 2.11. The second kappa shape index (κ2) is 5.87. The number of anilines is 1.